The highest BCUT2D eigenvalue weighted by Gasteiger charge is 2.13. The van der Waals surface area contributed by atoms with E-state index in [1.165, 1.54) is 18.2 Å². The molecule has 5 nitrogen and oxygen atoms in total. The molecular weight excluding hydrogens is 326 g/mol. The number of benzene rings is 2. The number of hydrogen-bond donors (Lipinski definition) is 1. The van der Waals surface area contributed by atoms with E-state index in [1.54, 1.807) is 0 Å². The van der Waals surface area contributed by atoms with Crippen LogP contribution in [0.5, 0.6) is 0 Å². The van der Waals surface area contributed by atoms with E-state index >= 15 is 0 Å². The third-order valence-electron chi connectivity index (χ3n) is 4.19. The Labute approximate surface area is 153 Å². The summed E-state index contributed by atoms with van der Waals surface area (Å²) in [6, 6.07) is 16.5. The number of nitrogens with zero attached hydrogens (tertiary/aromatic N) is 2. The average Bonchev–Trinajstić information content (AvgIpc) is 3.06. The highest BCUT2D eigenvalue weighted by Crippen LogP contribution is 2.24. The third-order valence-corrected chi connectivity index (χ3v) is 4.19. The summed E-state index contributed by atoms with van der Waals surface area (Å²) in [6.45, 7) is 4.83. The van der Waals surface area contributed by atoms with Gasteiger partial charge in [-0.2, -0.15) is 5.10 Å². The number of ether oxygens (including phenoxy) is 1. The van der Waals surface area contributed by atoms with Crippen LogP contribution in [0.2, 0.25) is 0 Å². The molecule has 0 aliphatic rings. The minimum absolute atomic E-state index is 0.166. The predicted octanol–water partition coefficient (Wildman–Crippen LogP) is 3.42. The molecule has 1 aromatic heterocycles. The van der Waals surface area contributed by atoms with E-state index in [9.17, 15) is 4.79 Å². The van der Waals surface area contributed by atoms with Gasteiger partial charge in [-0.05, 0) is 32.0 Å². The number of aryl methyl sites for hydroxylation is 2. The maximum atomic E-state index is 11.4. The van der Waals surface area contributed by atoms with Crippen molar-refractivity contribution in [2.45, 2.75) is 20.4 Å². The molecule has 0 fully saturated rings. The first-order chi connectivity index (χ1) is 12.6. The fourth-order valence-corrected chi connectivity index (χ4v) is 2.78. The van der Waals surface area contributed by atoms with Gasteiger partial charge < -0.3 is 10.1 Å². The van der Waals surface area contributed by atoms with Gasteiger partial charge >= 0.3 is 5.97 Å². The number of esters is 1. The number of methoxy groups -OCH3 is 1. The van der Waals surface area contributed by atoms with Gasteiger partial charge in [0, 0.05) is 23.9 Å². The Hall–Kier alpha value is -2.92. The largest absolute Gasteiger partial charge is 0.468 e. The summed E-state index contributed by atoms with van der Waals surface area (Å²) in [5, 5.41) is 7.92. The van der Waals surface area contributed by atoms with Crippen molar-refractivity contribution in [2.24, 2.45) is 0 Å². The zero-order chi connectivity index (χ0) is 18.5. The van der Waals surface area contributed by atoms with Gasteiger partial charge in [-0.3, -0.25) is 4.79 Å². The second-order valence-corrected chi connectivity index (χ2v) is 6.33. The Morgan fingerprint density at radius 1 is 1.12 bits per heavy atom. The fourth-order valence-electron chi connectivity index (χ4n) is 2.78. The molecule has 1 heterocycles. The van der Waals surface area contributed by atoms with Crippen LogP contribution in [0, 0.1) is 13.8 Å². The van der Waals surface area contributed by atoms with Crippen LogP contribution in [0.1, 0.15) is 16.7 Å². The number of aromatic nitrogens is 2. The molecule has 3 aromatic rings. The van der Waals surface area contributed by atoms with Gasteiger partial charge in [0.25, 0.3) is 0 Å². The van der Waals surface area contributed by atoms with Crippen LogP contribution in [-0.4, -0.2) is 29.4 Å². The van der Waals surface area contributed by atoms with Gasteiger partial charge in [-0.25, -0.2) is 4.68 Å². The summed E-state index contributed by atoms with van der Waals surface area (Å²) >= 11 is 0. The molecule has 0 radical (unpaired) electrons. The highest BCUT2D eigenvalue weighted by atomic mass is 16.5. The van der Waals surface area contributed by atoms with Crippen molar-refractivity contribution in [2.75, 3.05) is 13.7 Å². The predicted molar refractivity (Wildman–Crippen MR) is 102 cm³/mol. The summed E-state index contributed by atoms with van der Waals surface area (Å²) in [7, 11) is 1.39. The van der Waals surface area contributed by atoms with E-state index in [4.69, 9.17) is 5.10 Å². The summed E-state index contributed by atoms with van der Waals surface area (Å²) in [5.74, 6) is -0.284. The van der Waals surface area contributed by atoms with Crippen molar-refractivity contribution in [3.05, 3.63) is 71.4 Å². The SMILES string of the molecule is COC(=O)CNCc1cn(-c2ccc(C)cc2)nc1-c1cccc(C)c1. The maximum Gasteiger partial charge on any atom is 0.319 e. The van der Waals surface area contributed by atoms with Crippen LogP contribution >= 0.6 is 0 Å². The van der Waals surface area contributed by atoms with E-state index in [1.807, 2.05) is 29.1 Å². The van der Waals surface area contributed by atoms with Gasteiger partial charge in [-0.1, -0.05) is 41.5 Å². The molecular formula is C21H23N3O2. The minimum Gasteiger partial charge on any atom is -0.468 e. The van der Waals surface area contributed by atoms with Crippen LogP contribution in [0.4, 0.5) is 0 Å². The lowest BCUT2D eigenvalue weighted by atomic mass is 10.1. The smallest absolute Gasteiger partial charge is 0.319 e. The van der Waals surface area contributed by atoms with Crippen molar-refractivity contribution >= 4 is 5.97 Å². The Bertz CT molecular complexity index is 898. The van der Waals surface area contributed by atoms with E-state index in [0.717, 1.165) is 22.5 Å². The number of nitrogens with one attached hydrogen (secondary N) is 1. The zero-order valence-corrected chi connectivity index (χ0v) is 15.3. The quantitative estimate of drug-likeness (QED) is 0.693. The number of carbonyl (C=O) groups excluding carboxylic acids is 1. The van der Waals surface area contributed by atoms with Crippen LogP contribution in [0.25, 0.3) is 16.9 Å². The molecule has 134 valence electrons. The molecule has 0 atom stereocenters. The molecule has 0 saturated carbocycles. The molecule has 0 amide bonds. The fraction of sp³-hybridized carbons (Fsp3) is 0.238. The third kappa shape index (κ3) is 4.18. The molecule has 3 rings (SSSR count). The second-order valence-electron chi connectivity index (χ2n) is 6.33. The van der Waals surface area contributed by atoms with Crippen LogP contribution in [-0.2, 0) is 16.1 Å². The van der Waals surface area contributed by atoms with Crippen LogP contribution in [0.3, 0.4) is 0 Å². The molecule has 0 unspecified atom stereocenters. The summed E-state index contributed by atoms with van der Waals surface area (Å²) in [5.41, 5.74) is 6.39. The lowest BCUT2D eigenvalue weighted by Gasteiger charge is -2.05. The number of carbonyl (C=O) groups is 1. The number of hydrogen-bond acceptors (Lipinski definition) is 4. The first kappa shape index (κ1) is 17.9. The molecule has 2 aromatic carbocycles. The van der Waals surface area contributed by atoms with Gasteiger partial charge in [-0.15, -0.1) is 0 Å². The van der Waals surface area contributed by atoms with Crippen LogP contribution < -0.4 is 5.32 Å². The Morgan fingerprint density at radius 2 is 1.88 bits per heavy atom. The van der Waals surface area contributed by atoms with E-state index in [-0.39, 0.29) is 12.5 Å². The normalized spacial score (nSPS) is 10.7. The molecule has 1 N–H and O–H groups in total. The van der Waals surface area contributed by atoms with Gasteiger partial charge in [0.2, 0.25) is 0 Å². The topological polar surface area (TPSA) is 56.1 Å². The lowest BCUT2D eigenvalue weighted by Crippen LogP contribution is -2.23. The van der Waals surface area contributed by atoms with Crippen molar-refractivity contribution in [3.63, 3.8) is 0 Å². The first-order valence-corrected chi connectivity index (χ1v) is 8.57. The first-order valence-electron chi connectivity index (χ1n) is 8.57. The molecule has 0 bridgehead atoms. The monoisotopic (exact) mass is 349 g/mol. The van der Waals surface area contributed by atoms with Gasteiger partial charge in [0.05, 0.1) is 25.0 Å². The van der Waals surface area contributed by atoms with E-state index in [2.05, 4.69) is 54.2 Å². The van der Waals surface area contributed by atoms with Crippen molar-refractivity contribution in [3.8, 4) is 16.9 Å². The Kier molecular flexibility index (Phi) is 5.49. The summed E-state index contributed by atoms with van der Waals surface area (Å²) < 4.78 is 6.56. The van der Waals surface area contributed by atoms with Gasteiger partial charge in [0.1, 0.15) is 0 Å². The van der Waals surface area contributed by atoms with Crippen molar-refractivity contribution in [1.82, 2.24) is 15.1 Å². The summed E-state index contributed by atoms with van der Waals surface area (Å²) in [6.07, 6.45) is 2.01. The Morgan fingerprint density at radius 3 is 2.58 bits per heavy atom. The van der Waals surface area contributed by atoms with E-state index in [0.29, 0.717) is 6.54 Å². The van der Waals surface area contributed by atoms with Crippen molar-refractivity contribution in [1.29, 1.82) is 0 Å². The molecule has 0 spiro atoms. The molecule has 0 saturated heterocycles. The molecule has 0 aliphatic heterocycles. The minimum atomic E-state index is -0.284. The van der Waals surface area contributed by atoms with E-state index < -0.39 is 0 Å². The summed E-state index contributed by atoms with van der Waals surface area (Å²) in [4.78, 5) is 11.4. The second kappa shape index (κ2) is 7.97. The molecule has 0 aliphatic carbocycles. The standard InChI is InChI=1S/C21H23N3O2/c1-15-7-9-19(10-8-15)24-14-18(12-22-13-20(25)26-3)21(23-24)17-6-4-5-16(2)11-17/h4-11,14,22H,12-13H2,1-3H3. The Balaban J connectivity index is 1.94. The molecule has 5 heteroatoms. The van der Waals surface area contributed by atoms with Gasteiger partial charge in [0.15, 0.2) is 0 Å². The lowest BCUT2D eigenvalue weighted by molar-refractivity contribution is -0.139. The average molecular weight is 349 g/mol. The van der Waals surface area contributed by atoms with Crippen molar-refractivity contribution < 1.29 is 9.53 Å². The van der Waals surface area contributed by atoms with Crippen LogP contribution in [0.15, 0.2) is 54.7 Å². The zero-order valence-electron chi connectivity index (χ0n) is 15.3. The maximum absolute atomic E-state index is 11.4. The number of rotatable bonds is 6. The highest BCUT2D eigenvalue weighted by molar-refractivity contribution is 5.71. The molecule has 26 heavy (non-hydrogen) atoms.